The number of rotatable bonds is 6. The van der Waals surface area contributed by atoms with Gasteiger partial charge in [0.05, 0.1) is 0 Å². The summed E-state index contributed by atoms with van der Waals surface area (Å²) in [7, 11) is 0. The third-order valence-electron chi connectivity index (χ3n) is 6.08. The number of carbonyl (C=O) groups excluding carboxylic acids is 5. The van der Waals surface area contributed by atoms with Crippen molar-refractivity contribution in [3.05, 3.63) is 29.8 Å². The summed E-state index contributed by atoms with van der Waals surface area (Å²) in [5.74, 6) is -1.68. The van der Waals surface area contributed by atoms with Gasteiger partial charge in [0.15, 0.2) is 6.10 Å². The predicted molar refractivity (Wildman–Crippen MR) is 120 cm³/mol. The molecule has 0 bridgehead atoms. The summed E-state index contributed by atoms with van der Waals surface area (Å²) in [5.41, 5.74) is -0.281. The zero-order valence-corrected chi connectivity index (χ0v) is 19.7. The molecule has 1 aliphatic heterocycles. The molecule has 2 aliphatic rings. The molecule has 9 heteroatoms. The normalized spacial score (nSPS) is 24.9. The van der Waals surface area contributed by atoms with Crippen LogP contribution in [-0.4, -0.2) is 52.7 Å². The number of esters is 1. The number of anilines is 1. The molecular weight excluding hydrogens is 426 g/mol. The van der Waals surface area contributed by atoms with E-state index in [2.05, 4.69) is 31.4 Å². The molecule has 9 nitrogen and oxygen atoms in total. The molecule has 2 N–H and O–H groups in total. The number of nitrogens with zero attached hydrogens (tertiary/aromatic N) is 1. The van der Waals surface area contributed by atoms with Crippen LogP contribution < -0.4 is 10.6 Å². The van der Waals surface area contributed by atoms with Crippen molar-refractivity contribution in [2.75, 3.05) is 11.9 Å². The van der Waals surface area contributed by atoms with Crippen LogP contribution in [0, 0.1) is 11.3 Å². The van der Waals surface area contributed by atoms with Crippen molar-refractivity contribution in [1.82, 2.24) is 10.2 Å². The average Bonchev–Trinajstić information content (AvgIpc) is 2.89. The van der Waals surface area contributed by atoms with E-state index in [1.807, 2.05) is 0 Å². The predicted octanol–water partition coefficient (Wildman–Crippen LogP) is 2.90. The number of amides is 4. The molecule has 33 heavy (non-hydrogen) atoms. The molecule has 2 fully saturated rings. The Bertz CT molecular complexity index is 986. The Morgan fingerprint density at radius 1 is 1.18 bits per heavy atom. The van der Waals surface area contributed by atoms with E-state index in [0.29, 0.717) is 24.1 Å². The van der Waals surface area contributed by atoms with Crippen molar-refractivity contribution in [1.29, 1.82) is 0 Å². The molecule has 1 spiro atoms. The summed E-state index contributed by atoms with van der Waals surface area (Å²) < 4.78 is 5.23. The van der Waals surface area contributed by atoms with Crippen LogP contribution in [0.3, 0.4) is 0 Å². The molecule has 1 aliphatic carbocycles. The maximum atomic E-state index is 13.1. The van der Waals surface area contributed by atoms with Gasteiger partial charge in [-0.25, -0.2) is 4.79 Å². The highest BCUT2D eigenvalue weighted by Gasteiger charge is 2.56. The van der Waals surface area contributed by atoms with Gasteiger partial charge in [-0.15, -0.1) is 0 Å². The van der Waals surface area contributed by atoms with Crippen molar-refractivity contribution < 1.29 is 28.7 Å². The second-order valence-electron chi connectivity index (χ2n) is 10.0. The second-order valence-corrected chi connectivity index (χ2v) is 10.0. The van der Waals surface area contributed by atoms with Crippen LogP contribution in [-0.2, 0) is 19.1 Å². The molecule has 1 aromatic rings. The zero-order chi connectivity index (χ0) is 24.6. The van der Waals surface area contributed by atoms with Gasteiger partial charge in [-0.05, 0) is 61.8 Å². The van der Waals surface area contributed by atoms with Gasteiger partial charge >= 0.3 is 12.0 Å². The SMILES string of the molecule is CC(=O)Nc1ccc(C(=O)C(C)OC(=O)CN2C(=O)NC3(CC(C)CC(C)(C)C3)C2=O)cc1. The third-order valence-corrected chi connectivity index (χ3v) is 6.08. The molecule has 1 saturated carbocycles. The molecule has 3 unspecified atom stereocenters. The van der Waals surface area contributed by atoms with Gasteiger partial charge in [0.2, 0.25) is 11.7 Å². The highest BCUT2D eigenvalue weighted by Crippen LogP contribution is 2.46. The van der Waals surface area contributed by atoms with Gasteiger partial charge in [-0.3, -0.25) is 24.1 Å². The van der Waals surface area contributed by atoms with Crippen molar-refractivity contribution in [2.45, 2.75) is 65.5 Å². The maximum absolute atomic E-state index is 13.1. The molecule has 1 aromatic carbocycles. The molecule has 0 radical (unpaired) electrons. The Kier molecular flexibility index (Phi) is 6.63. The summed E-state index contributed by atoms with van der Waals surface area (Å²) in [6, 6.07) is 5.57. The highest BCUT2D eigenvalue weighted by molar-refractivity contribution is 6.09. The lowest BCUT2D eigenvalue weighted by Gasteiger charge is -2.43. The minimum Gasteiger partial charge on any atom is -0.453 e. The minimum absolute atomic E-state index is 0.118. The van der Waals surface area contributed by atoms with E-state index in [1.54, 1.807) is 12.1 Å². The van der Waals surface area contributed by atoms with Gasteiger partial charge in [0.25, 0.3) is 5.91 Å². The molecule has 3 atom stereocenters. The summed E-state index contributed by atoms with van der Waals surface area (Å²) in [5, 5.41) is 5.42. The molecule has 178 valence electrons. The number of urea groups is 1. The molecule has 1 saturated heterocycles. The topological polar surface area (TPSA) is 122 Å². The zero-order valence-electron chi connectivity index (χ0n) is 19.7. The van der Waals surface area contributed by atoms with Crippen molar-refractivity contribution in [2.24, 2.45) is 11.3 Å². The fourth-order valence-electron chi connectivity index (χ4n) is 5.22. The molecule has 4 amide bonds. The Hall–Kier alpha value is -3.23. The van der Waals surface area contributed by atoms with E-state index in [9.17, 15) is 24.0 Å². The largest absolute Gasteiger partial charge is 0.453 e. The van der Waals surface area contributed by atoms with E-state index in [-0.39, 0.29) is 17.2 Å². The minimum atomic E-state index is -1.10. The summed E-state index contributed by atoms with van der Waals surface area (Å²) in [6.45, 7) is 8.44. The number of nitrogens with one attached hydrogen (secondary N) is 2. The van der Waals surface area contributed by atoms with Crippen molar-refractivity contribution in [3.63, 3.8) is 0 Å². The van der Waals surface area contributed by atoms with E-state index >= 15 is 0 Å². The Morgan fingerprint density at radius 2 is 1.82 bits per heavy atom. The first-order chi connectivity index (χ1) is 15.3. The Labute approximate surface area is 193 Å². The lowest BCUT2D eigenvalue weighted by atomic mass is 9.64. The summed E-state index contributed by atoms with van der Waals surface area (Å²) in [6.07, 6.45) is 0.873. The van der Waals surface area contributed by atoms with Crippen molar-refractivity contribution >= 4 is 35.3 Å². The first kappa shape index (κ1) is 24.4. The van der Waals surface area contributed by atoms with Gasteiger partial charge in [-0.2, -0.15) is 0 Å². The van der Waals surface area contributed by atoms with Gasteiger partial charge in [-0.1, -0.05) is 20.8 Å². The molecule has 0 aromatic heterocycles. The highest BCUT2D eigenvalue weighted by atomic mass is 16.5. The number of hydrogen-bond donors (Lipinski definition) is 2. The number of ether oxygens (including phenoxy) is 1. The number of ketones is 1. The number of carbonyl (C=O) groups is 5. The smallest absolute Gasteiger partial charge is 0.326 e. The standard InChI is InChI=1S/C24H31N3O6/c1-14-10-23(4,5)13-24(11-14)21(31)27(22(32)26-24)12-19(29)33-15(2)20(30)17-6-8-18(9-7-17)25-16(3)28/h6-9,14-15H,10-13H2,1-5H3,(H,25,28)(H,26,32). The summed E-state index contributed by atoms with van der Waals surface area (Å²) >= 11 is 0. The van der Waals surface area contributed by atoms with Crippen LogP contribution in [0.1, 0.15) is 64.2 Å². The first-order valence-corrected chi connectivity index (χ1v) is 11.1. The van der Waals surface area contributed by atoms with E-state index < -0.39 is 41.9 Å². The number of benzene rings is 1. The van der Waals surface area contributed by atoms with Crippen LogP contribution in [0.4, 0.5) is 10.5 Å². The maximum Gasteiger partial charge on any atom is 0.326 e. The van der Waals surface area contributed by atoms with Crippen LogP contribution in [0.15, 0.2) is 24.3 Å². The van der Waals surface area contributed by atoms with Gasteiger partial charge < -0.3 is 15.4 Å². The number of hydrogen-bond acceptors (Lipinski definition) is 6. The Morgan fingerprint density at radius 3 is 2.39 bits per heavy atom. The second kappa shape index (κ2) is 8.96. The lowest BCUT2D eigenvalue weighted by molar-refractivity contribution is -0.150. The molecular formula is C24H31N3O6. The van der Waals surface area contributed by atoms with Crippen molar-refractivity contribution in [3.8, 4) is 0 Å². The summed E-state index contributed by atoms with van der Waals surface area (Å²) in [4.78, 5) is 62.8. The van der Waals surface area contributed by atoms with Crippen LogP contribution in [0.25, 0.3) is 0 Å². The third kappa shape index (κ3) is 5.40. The number of Topliss-reactive ketones (excluding diaryl/α,β-unsaturated/α-hetero) is 1. The van der Waals surface area contributed by atoms with E-state index in [1.165, 1.54) is 26.0 Å². The number of imide groups is 1. The quantitative estimate of drug-likeness (QED) is 0.385. The van der Waals surface area contributed by atoms with Gasteiger partial charge in [0, 0.05) is 18.2 Å². The molecule has 1 heterocycles. The average molecular weight is 458 g/mol. The molecule has 3 rings (SSSR count). The fourth-order valence-corrected chi connectivity index (χ4v) is 5.22. The van der Waals surface area contributed by atoms with E-state index in [0.717, 1.165) is 11.3 Å². The van der Waals surface area contributed by atoms with Gasteiger partial charge in [0.1, 0.15) is 12.1 Å². The first-order valence-electron chi connectivity index (χ1n) is 11.1. The van der Waals surface area contributed by atoms with Crippen LogP contribution >= 0.6 is 0 Å². The van der Waals surface area contributed by atoms with E-state index in [4.69, 9.17) is 4.74 Å². The fraction of sp³-hybridized carbons (Fsp3) is 0.542. The van der Waals surface area contributed by atoms with Crippen LogP contribution in [0.5, 0.6) is 0 Å². The monoisotopic (exact) mass is 457 g/mol. The Balaban J connectivity index is 1.62. The lowest BCUT2D eigenvalue weighted by Crippen LogP contribution is -2.54. The van der Waals surface area contributed by atoms with Crippen LogP contribution in [0.2, 0.25) is 0 Å².